The minimum absolute atomic E-state index is 0.270. The zero-order valence-electron chi connectivity index (χ0n) is 6.65. The fourth-order valence-corrected chi connectivity index (χ4v) is 0.965. The van der Waals surface area contributed by atoms with Gasteiger partial charge in [-0.25, -0.2) is 10.4 Å². The molecule has 1 saturated heterocycles. The zero-order chi connectivity index (χ0) is 7.61. The first-order valence-corrected chi connectivity index (χ1v) is 3.66. The first kappa shape index (κ1) is 7.94. The van der Waals surface area contributed by atoms with Crippen LogP contribution in [0.3, 0.4) is 0 Å². The van der Waals surface area contributed by atoms with Crippen molar-refractivity contribution in [2.24, 2.45) is 5.73 Å². The summed E-state index contributed by atoms with van der Waals surface area (Å²) in [6, 6.07) is 0. The predicted molar refractivity (Wildman–Crippen MR) is 40.7 cm³/mol. The van der Waals surface area contributed by atoms with Crippen LogP contribution in [0, 0.1) is 0 Å². The lowest BCUT2D eigenvalue weighted by molar-refractivity contribution is 0.0185. The van der Waals surface area contributed by atoms with Gasteiger partial charge in [-0.1, -0.05) is 0 Å². The number of rotatable bonds is 1. The van der Waals surface area contributed by atoms with E-state index in [1.54, 1.807) is 0 Å². The average molecular weight is 144 g/mol. The second-order valence-corrected chi connectivity index (χ2v) is 3.20. The molecule has 0 aromatic heterocycles. The zero-order valence-corrected chi connectivity index (χ0v) is 6.65. The van der Waals surface area contributed by atoms with Crippen molar-refractivity contribution in [3.63, 3.8) is 0 Å². The summed E-state index contributed by atoms with van der Waals surface area (Å²) in [5.74, 6) is 0. The summed E-state index contributed by atoms with van der Waals surface area (Å²) in [5.41, 5.74) is 11.6. The molecule has 0 atom stereocenters. The van der Waals surface area contributed by atoms with Crippen molar-refractivity contribution in [2.75, 3.05) is 13.1 Å². The first-order chi connectivity index (χ1) is 4.61. The minimum atomic E-state index is -0.270. The van der Waals surface area contributed by atoms with Crippen molar-refractivity contribution in [2.45, 2.75) is 25.9 Å². The molecule has 0 aromatic rings. The predicted octanol–water partition coefficient (Wildman–Crippen LogP) is -0.604. The van der Waals surface area contributed by atoms with E-state index in [1.807, 2.05) is 18.9 Å². The van der Waals surface area contributed by atoms with Crippen LogP contribution in [-0.4, -0.2) is 23.8 Å². The quantitative estimate of drug-likeness (QED) is 0.460. The highest BCUT2D eigenvalue weighted by atomic mass is 15.7. The largest absolute Gasteiger partial charge is 0.313 e. The van der Waals surface area contributed by atoms with Crippen LogP contribution in [0.2, 0.25) is 0 Å². The molecule has 1 aliphatic heterocycles. The maximum Gasteiger partial charge on any atom is 0.0777 e. The monoisotopic (exact) mass is 144 g/mol. The van der Waals surface area contributed by atoms with Crippen molar-refractivity contribution in [1.29, 1.82) is 0 Å². The van der Waals surface area contributed by atoms with Crippen LogP contribution in [0.1, 0.15) is 20.3 Å². The average Bonchev–Trinajstić information content (AvgIpc) is 1.88. The van der Waals surface area contributed by atoms with E-state index in [9.17, 15) is 0 Å². The summed E-state index contributed by atoms with van der Waals surface area (Å²) in [6.07, 6.45) is 1.15. The molecule has 4 N–H and O–H groups in total. The van der Waals surface area contributed by atoms with Gasteiger partial charge in [0.2, 0.25) is 0 Å². The van der Waals surface area contributed by atoms with Crippen molar-refractivity contribution in [1.82, 2.24) is 16.0 Å². The van der Waals surface area contributed by atoms with Gasteiger partial charge in [0, 0.05) is 13.1 Å². The van der Waals surface area contributed by atoms with Gasteiger partial charge in [0.1, 0.15) is 0 Å². The van der Waals surface area contributed by atoms with Crippen LogP contribution in [0.15, 0.2) is 0 Å². The normalized spacial score (nSPS) is 23.1. The highest BCUT2D eigenvalue weighted by molar-refractivity contribution is 4.72. The lowest BCUT2D eigenvalue weighted by Crippen LogP contribution is -2.64. The van der Waals surface area contributed by atoms with Crippen molar-refractivity contribution >= 4 is 0 Å². The molecule has 0 amide bonds. The molecular formula is C6H16N4. The number of hydrazine groups is 2. The Morgan fingerprint density at radius 2 is 2.20 bits per heavy atom. The van der Waals surface area contributed by atoms with Gasteiger partial charge in [0.15, 0.2) is 0 Å². The molecule has 0 bridgehead atoms. The molecule has 0 aromatic carbocycles. The maximum atomic E-state index is 5.83. The van der Waals surface area contributed by atoms with Gasteiger partial charge in [0.05, 0.1) is 5.66 Å². The number of hydrogen-bond acceptors (Lipinski definition) is 4. The van der Waals surface area contributed by atoms with Crippen molar-refractivity contribution in [3.05, 3.63) is 0 Å². The maximum absolute atomic E-state index is 5.83. The van der Waals surface area contributed by atoms with Gasteiger partial charge in [-0.15, -0.1) is 0 Å². The van der Waals surface area contributed by atoms with E-state index in [1.165, 1.54) is 0 Å². The van der Waals surface area contributed by atoms with E-state index >= 15 is 0 Å². The fraction of sp³-hybridized carbons (Fsp3) is 1.00. The Balaban J connectivity index is 2.39. The summed E-state index contributed by atoms with van der Waals surface area (Å²) < 4.78 is 0. The number of nitrogens with one attached hydrogen (secondary N) is 2. The summed E-state index contributed by atoms with van der Waals surface area (Å²) in [6.45, 7) is 5.99. The fourth-order valence-electron chi connectivity index (χ4n) is 0.965. The molecular weight excluding hydrogens is 128 g/mol. The molecule has 0 aliphatic carbocycles. The number of nitrogens with two attached hydrogens (primary N) is 1. The first-order valence-electron chi connectivity index (χ1n) is 3.66. The van der Waals surface area contributed by atoms with E-state index in [2.05, 4.69) is 11.0 Å². The van der Waals surface area contributed by atoms with Crippen LogP contribution in [-0.2, 0) is 0 Å². The number of hydrogen-bond donors (Lipinski definition) is 3. The summed E-state index contributed by atoms with van der Waals surface area (Å²) in [5, 5.41) is 2.00. The molecule has 10 heavy (non-hydrogen) atoms. The van der Waals surface area contributed by atoms with E-state index in [-0.39, 0.29) is 5.66 Å². The van der Waals surface area contributed by atoms with Gasteiger partial charge >= 0.3 is 0 Å². The molecule has 4 nitrogen and oxygen atoms in total. The molecule has 4 heteroatoms. The van der Waals surface area contributed by atoms with Crippen molar-refractivity contribution in [3.8, 4) is 0 Å². The van der Waals surface area contributed by atoms with Gasteiger partial charge in [-0.05, 0) is 20.3 Å². The van der Waals surface area contributed by atoms with Crippen LogP contribution in [0.25, 0.3) is 0 Å². The molecule has 1 fully saturated rings. The standard InChI is InChI=1S/C6H16N4/c1-6(2,7)10-5-3-4-8-9-10/h8-9H,3-5,7H2,1-2H3. The Bertz CT molecular complexity index is 101. The molecule has 1 rings (SSSR count). The molecule has 1 heterocycles. The van der Waals surface area contributed by atoms with Crippen LogP contribution in [0.4, 0.5) is 0 Å². The van der Waals surface area contributed by atoms with Gasteiger partial charge in [-0.2, -0.15) is 5.53 Å². The lowest BCUT2D eigenvalue weighted by atomic mass is 10.2. The Labute approximate surface area is 61.7 Å². The molecule has 0 saturated carbocycles. The molecule has 60 valence electrons. The van der Waals surface area contributed by atoms with Crippen LogP contribution >= 0.6 is 0 Å². The molecule has 0 radical (unpaired) electrons. The van der Waals surface area contributed by atoms with Gasteiger partial charge in [-0.3, -0.25) is 0 Å². The highest BCUT2D eigenvalue weighted by Crippen LogP contribution is 2.04. The molecule has 1 aliphatic rings. The second kappa shape index (κ2) is 2.84. The molecule has 0 spiro atoms. The van der Waals surface area contributed by atoms with Gasteiger partial charge in [0.25, 0.3) is 0 Å². The third-order valence-electron chi connectivity index (χ3n) is 1.59. The number of nitrogens with zero attached hydrogens (tertiary/aromatic N) is 1. The van der Waals surface area contributed by atoms with E-state index in [4.69, 9.17) is 5.73 Å². The van der Waals surface area contributed by atoms with E-state index < -0.39 is 0 Å². The lowest BCUT2D eigenvalue weighted by Gasteiger charge is -2.38. The molecule has 0 unspecified atom stereocenters. The second-order valence-electron chi connectivity index (χ2n) is 3.20. The highest BCUT2D eigenvalue weighted by Gasteiger charge is 2.22. The summed E-state index contributed by atoms with van der Waals surface area (Å²) >= 11 is 0. The third kappa shape index (κ3) is 1.91. The Morgan fingerprint density at radius 1 is 1.50 bits per heavy atom. The Hall–Kier alpha value is -0.160. The van der Waals surface area contributed by atoms with Crippen LogP contribution < -0.4 is 16.7 Å². The summed E-state index contributed by atoms with van der Waals surface area (Å²) in [7, 11) is 0. The smallest absolute Gasteiger partial charge is 0.0777 e. The van der Waals surface area contributed by atoms with Crippen LogP contribution in [0.5, 0.6) is 0 Å². The van der Waals surface area contributed by atoms with E-state index in [0.717, 1.165) is 19.5 Å². The minimum Gasteiger partial charge on any atom is -0.313 e. The SMILES string of the molecule is CC(C)(N)N1CCCNN1. The topological polar surface area (TPSA) is 53.3 Å². The third-order valence-corrected chi connectivity index (χ3v) is 1.59. The summed E-state index contributed by atoms with van der Waals surface area (Å²) in [4.78, 5) is 0. The van der Waals surface area contributed by atoms with E-state index in [0.29, 0.717) is 0 Å². The Kier molecular flexibility index (Phi) is 2.25. The Morgan fingerprint density at radius 3 is 2.50 bits per heavy atom. The van der Waals surface area contributed by atoms with Gasteiger partial charge < -0.3 is 5.73 Å². The van der Waals surface area contributed by atoms with Crippen molar-refractivity contribution < 1.29 is 0 Å².